The SMILES string of the molecule is C=C1CCC23COC(C2)C(C(=O)O)CCC13. The van der Waals surface area contributed by atoms with E-state index in [2.05, 4.69) is 6.58 Å². The highest BCUT2D eigenvalue weighted by Gasteiger charge is 2.54. The summed E-state index contributed by atoms with van der Waals surface area (Å²) in [5.41, 5.74) is 1.57. The monoisotopic (exact) mass is 222 g/mol. The Hall–Kier alpha value is -0.830. The van der Waals surface area contributed by atoms with Gasteiger partial charge in [-0.05, 0) is 38.0 Å². The lowest BCUT2D eigenvalue weighted by molar-refractivity contribution is -0.146. The molecule has 0 aromatic rings. The zero-order valence-electron chi connectivity index (χ0n) is 9.45. The molecule has 4 atom stereocenters. The van der Waals surface area contributed by atoms with Crippen LogP contribution in [0.3, 0.4) is 0 Å². The first-order chi connectivity index (χ1) is 7.62. The zero-order chi connectivity index (χ0) is 11.3. The largest absolute Gasteiger partial charge is 0.481 e. The molecule has 88 valence electrons. The highest BCUT2D eigenvalue weighted by Crippen LogP contribution is 2.57. The Labute approximate surface area is 95.5 Å². The lowest BCUT2D eigenvalue weighted by Crippen LogP contribution is -2.27. The van der Waals surface area contributed by atoms with Gasteiger partial charge in [0.1, 0.15) is 0 Å². The lowest BCUT2D eigenvalue weighted by Gasteiger charge is -2.29. The number of hydrogen-bond donors (Lipinski definition) is 1. The first kappa shape index (κ1) is 10.3. The Bertz CT molecular complexity index is 349. The maximum absolute atomic E-state index is 11.2. The van der Waals surface area contributed by atoms with Gasteiger partial charge in [0.25, 0.3) is 0 Å². The van der Waals surface area contributed by atoms with Crippen molar-refractivity contribution in [3.63, 3.8) is 0 Å². The van der Waals surface area contributed by atoms with Crippen molar-refractivity contribution in [2.75, 3.05) is 6.61 Å². The third-order valence-corrected chi connectivity index (χ3v) is 4.90. The topological polar surface area (TPSA) is 46.5 Å². The minimum Gasteiger partial charge on any atom is -0.481 e. The molecule has 1 heterocycles. The molecule has 0 aromatic heterocycles. The summed E-state index contributed by atoms with van der Waals surface area (Å²) in [4.78, 5) is 11.2. The molecular formula is C13H18O3. The second-order valence-corrected chi connectivity index (χ2v) is 5.65. The van der Waals surface area contributed by atoms with Crippen LogP contribution in [-0.2, 0) is 9.53 Å². The maximum Gasteiger partial charge on any atom is 0.309 e. The summed E-state index contributed by atoms with van der Waals surface area (Å²) < 4.78 is 5.76. The van der Waals surface area contributed by atoms with Gasteiger partial charge in [-0.2, -0.15) is 0 Å². The summed E-state index contributed by atoms with van der Waals surface area (Å²) in [5, 5.41) is 9.21. The molecule has 2 saturated carbocycles. The summed E-state index contributed by atoms with van der Waals surface area (Å²) in [6.45, 7) is 4.91. The molecule has 16 heavy (non-hydrogen) atoms. The van der Waals surface area contributed by atoms with Crippen LogP contribution >= 0.6 is 0 Å². The minimum absolute atomic E-state index is 0.0478. The van der Waals surface area contributed by atoms with E-state index < -0.39 is 5.97 Å². The number of ether oxygens (including phenoxy) is 1. The van der Waals surface area contributed by atoms with Crippen molar-refractivity contribution in [3.05, 3.63) is 12.2 Å². The number of rotatable bonds is 1. The highest BCUT2D eigenvalue weighted by atomic mass is 16.5. The second kappa shape index (κ2) is 3.33. The van der Waals surface area contributed by atoms with Crippen LogP contribution in [0.2, 0.25) is 0 Å². The highest BCUT2D eigenvalue weighted by molar-refractivity contribution is 5.71. The van der Waals surface area contributed by atoms with Crippen LogP contribution in [0.4, 0.5) is 0 Å². The van der Waals surface area contributed by atoms with Crippen molar-refractivity contribution in [2.45, 2.75) is 38.2 Å². The van der Waals surface area contributed by atoms with Gasteiger partial charge in [-0.3, -0.25) is 4.79 Å². The predicted octanol–water partition coefficient (Wildman–Crippen LogP) is 2.22. The molecule has 2 bridgehead atoms. The number of hydrogen-bond acceptors (Lipinski definition) is 2. The smallest absolute Gasteiger partial charge is 0.309 e. The van der Waals surface area contributed by atoms with E-state index in [-0.39, 0.29) is 17.4 Å². The van der Waals surface area contributed by atoms with Gasteiger partial charge in [0.15, 0.2) is 0 Å². The molecule has 3 fully saturated rings. The zero-order valence-corrected chi connectivity index (χ0v) is 9.45. The van der Waals surface area contributed by atoms with Gasteiger partial charge in [-0.1, -0.05) is 12.2 Å². The fraction of sp³-hybridized carbons (Fsp3) is 0.769. The molecular weight excluding hydrogens is 204 g/mol. The van der Waals surface area contributed by atoms with Crippen molar-refractivity contribution in [2.24, 2.45) is 17.3 Å². The van der Waals surface area contributed by atoms with E-state index in [9.17, 15) is 9.90 Å². The van der Waals surface area contributed by atoms with Gasteiger partial charge in [-0.25, -0.2) is 0 Å². The van der Waals surface area contributed by atoms with E-state index in [4.69, 9.17) is 4.74 Å². The molecule has 0 aromatic carbocycles. The van der Waals surface area contributed by atoms with Gasteiger partial charge < -0.3 is 9.84 Å². The third-order valence-electron chi connectivity index (χ3n) is 4.90. The molecule has 0 radical (unpaired) electrons. The van der Waals surface area contributed by atoms with Crippen LogP contribution in [0.1, 0.15) is 32.1 Å². The standard InChI is InChI=1S/C13H18O3/c1-8-4-5-13-6-11(16-7-13)9(12(14)15)2-3-10(8)13/h9-11H,1-7H2,(H,14,15). The first-order valence-corrected chi connectivity index (χ1v) is 6.14. The molecule has 4 unspecified atom stereocenters. The van der Waals surface area contributed by atoms with E-state index in [1.807, 2.05) is 0 Å². The molecule has 0 amide bonds. The van der Waals surface area contributed by atoms with Crippen LogP contribution < -0.4 is 0 Å². The molecule has 3 nitrogen and oxygen atoms in total. The number of carbonyl (C=O) groups is 1. The number of allylic oxidation sites excluding steroid dienone is 1. The van der Waals surface area contributed by atoms with Crippen LogP contribution in [0.5, 0.6) is 0 Å². The molecule has 1 spiro atoms. The Morgan fingerprint density at radius 1 is 1.50 bits per heavy atom. The predicted molar refractivity (Wildman–Crippen MR) is 59.0 cm³/mol. The van der Waals surface area contributed by atoms with E-state index in [0.717, 1.165) is 38.7 Å². The molecule has 2 aliphatic carbocycles. The van der Waals surface area contributed by atoms with Crippen LogP contribution in [0.25, 0.3) is 0 Å². The van der Waals surface area contributed by atoms with Crippen molar-refractivity contribution in [1.29, 1.82) is 0 Å². The summed E-state index contributed by atoms with van der Waals surface area (Å²) in [5.74, 6) is -0.465. The molecule has 3 aliphatic rings. The molecule has 3 heteroatoms. The Morgan fingerprint density at radius 2 is 2.31 bits per heavy atom. The van der Waals surface area contributed by atoms with E-state index in [1.165, 1.54) is 5.57 Å². The van der Waals surface area contributed by atoms with Gasteiger partial charge in [0.2, 0.25) is 0 Å². The summed E-state index contributed by atoms with van der Waals surface area (Å²) in [6, 6.07) is 0. The van der Waals surface area contributed by atoms with Gasteiger partial charge >= 0.3 is 5.97 Å². The number of fused-ring (bicyclic) bond motifs is 1. The molecule has 1 aliphatic heterocycles. The molecule has 1 N–H and O–H groups in total. The molecule has 1 saturated heterocycles. The number of carboxylic acids is 1. The van der Waals surface area contributed by atoms with Crippen molar-refractivity contribution >= 4 is 5.97 Å². The van der Waals surface area contributed by atoms with E-state index in [1.54, 1.807) is 0 Å². The average molecular weight is 222 g/mol. The minimum atomic E-state index is -0.687. The van der Waals surface area contributed by atoms with Crippen LogP contribution in [0.15, 0.2) is 12.2 Å². The van der Waals surface area contributed by atoms with Crippen LogP contribution in [-0.4, -0.2) is 23.8 Å². The fourth-order valence-corrected chi connectivity index (χ4v) is 3.98. The lowest BCUT2D eigenvalue weighted by atomic mass is 9.75. The number of carboxylic acid groups (broad SMARTS) is 1. The van der Waals surface area contributed by atoms with E-state index >= 15 is 0 Å². The van der Waals surface area contributed by atoms with Gasteiger partial charge in [-0.15, -0.1) is 0 Å². The fourth-order valence-electron chi connectivity index (χ4n) is 3.98. The summed E-state index contributed by atoms with van der Waals surface area (Å²) in [6.07, 6.45) is 4.90. The summed E-state index contributed by atoms with van der Waals surface area (Å²) in [7, 11) is 0. The molecule has 3 rings (SSSR count). The van der Waals surface area contributed by atoms with Crippen molar-refractivity contribution in [1.82, 2.24) is 0 Å². The van der Waals surface area contributed by atoms with Gasteiger partial charge in [0.05, 0.1) is 18.6 Å². The van der Waals surface area contributed by atoms with Gasteiger partial charge in [0, 0.05) is 5.41 Å². The summed E-state index contributed by atoms with van der Waals surface area (Å²) >= 11 is 0. The Kier molecular flexibility index (Phi) is 2.15. The third kappa shape index (κ3) is 1.27. The van der Waals surface area contributed by atoms with Crippen molar-refractivity contribution < 1.29 is 14.6 Å². The maximum atomic E-state index is 11.2. The quantitative estimate of drug-likeness (QED) is 0.692. The Morgan fingerprint density at radius 3 is 3.06 bits per heavy atom. The van der Waals surface area contributed by atoms with E-state index in [0.29, 0.717) is 5.92 Å². The average Bonchev–Trinajstić information content (AvgIpc) is 2.69. The normalized spacial score (nSPS) is 46.5. The number of aliphatic carboxylic acids is 1. The Balaban J connectivity index is 1.91. The van der Waals surface area contributed by atoms with Crippen molar-refractivity contribution in [3.8, 4) is 0 Å². The van der Waals surface area contributed by atoms with Crippen LogP contribution in [0, 0.1) is 17.3 Å². The first-order valence-electron chi connectivity index (χ1n) is 6.14. The second-order valence-electron chi connectivity index (χ2n) is 5.65.